The normalized spacial score (nSPS) is 22.1. The quantitative estimate of drug-likeness (QED) is 0.413. The number of alkyl halides is 3. The predicted molar refractivity (Wildman–Crippen MR) is 112 cm³/mol. The second-order valence-electron chi connectivity index (χ2n) is 9.10. The van der Waals surface area contributed by atoms with E-state index in [1.807, 2.05) is 0 Å². The van der Waals surface area contributed by atoms with Gasteiger partial charge in [-0.1, -0.05) is 0 Å². The van der Waals surface area contributed by atoms with E-state index < -0.39 is 10.3 Å². The Labute approximate surface area is 177 Å². The molecule has 0 aromatic carbocycles. The van der Waals surface area contributed by atoms with Crippen molar-refractivity contribution in [3.05, 3.63) is 23.4 Å². The number of aliphatic hydroxyl groups excluding tert-OH is 1. The molecule has 1 spiro atoms. The minimum absolute atomic E-state index is 0.0232. The Morgan fingerprint density at radius 2 is 1.79 bits per heavy atom. The monoisotopic (exact) mass is 430 g/mol. The summed E-state index contributed by atoms with van der Waals surface area (Å²) < 4.78 is 37.7. The molecule has 0 unspecified atom stereocenters. The largest absolute Gasteiger partial charge is 0.442 e. The van der Waals surface area contributed by atoms with Crippen LogP contribution in [0, 0.1) is 22.7 Å². The van der Waals surface area contributed by atoms with Crippen LogP contribution in [0.4, 0.5) is 13.2 Å². The molecular formula is C22H33F3N2OS. The molecule has 0 radical (unpaired) electrons. The fraction of sp³-hybridized carbons (Fsp3) is 0.773. The summed E-state index contributed by atoms with van der Waals surface area (Å²) in [6, 6.07) is 2.09. The fourth-order valence-electron chi connectivity index (χ4n) is 4.66. The van der Waals surface area contributed by atoms with Crippen LogP contribution in [0.1, 0.15) is 65.7 Å². The maximum atomic E-state index is 12.9. The molecule has 2 fully saturated rings. The van der Waals surface area contributed by atoms with Crippen molar-refractivity contribution >= 4 is 11.8 Å². The summed E-state index contributed by atoms with van der Waals surface area (Å²) >= 11 is -0.0232. The van der Waals surface area contributed by atoms with Crippen molar-refractivity contribution in [1.82, 2.24) is 4.90 Å². The minimum atomic E-state index is -4.31. The van der Waals surface area contributed by atoms with E-state index in [-0.39, 0.29) is 18.4 Å². The Bertz CT molecular complexity index is 646. The number of nitriles is 1. The molecule has 2 rings (SSSR count). The maximum Gasteiger partial charge on any atom is 0.442 e. The van der Waals surface area contributed by atoms with E-state index in [1.54, 1.807) is 32.9 Å². The van der Waals surface area contributed by atoms with Crippen LogP contribution in [0.3, 0.4) is 0 Å². The average molecular weight is 431 g/mol. The average Bonchev–Trinajstić information content (AvgIpc) is 2.62. The van der Waals surface area contributed by atoms with Crippen molar-refractivity contribution in [3.63, 3.8) is 0 Å². The highest BCUT2D eigenvalue weighted by molar-refractivity contribution is 8.01. The molecule has 0 aromatic heterocycles. The van der Waals surface area contributed by atoms with E-state index in [0.717, 1.165) is 50.9 Å². The lowest BCUT2D eigenvalue weighted by Crippen LogP contribution is -2.41. The van der Waals surface area contributed by atoms with Crippen LogP contribution >= 0.6 is 11.8 Å². The van der Waals surface area contributed by atoms with Crippen LogP contribution in [0.5, 0.6) is 0 Å². The van der Waals surface area contributed by atoms with Gasteiger partial charge in [-0.05, 0) is 101 Å². The number of aliphatic hydroxyl groups is 1. The second-order valence-corrected chi connectivity index (χ2v) is 10.8. The highest BCUT2D eigenvalue weighted by atomic mass is 32.2. The number of thioether (sulfide) groups is 1. The molecule has 3 nitrogen and oxygen atoms in total. The Balaban J connectivity index is 2.10. The van der Waals surface area contributed by atoms with Gasteiger partial charge in [-0.25, -0.2) is 0 Å². The second kappa shape index (κ2) is 9.78. The first-order chi connectivity index (χ1) is 13.5. The lowest BCUT2D eigenvalue weighted by Gasteiger charge is -2.47. The minimum Gasteiger partial charge on any atom is -0.396 e. The van der Waals surface area contributed by atoms with Gasteiger partial charge in [-0.2, -0.15) is 18.4 Å². The van der Waals surface area contributed by atoms with Crippen LogP contribution in [-0.2, 0) is 0 Å². The third-order valence-electron chi connectivity index (χ3n) is 6.31. The van der Waals surface area contributed by atoms with Crippen LogP contribution in [0.25, 0.3) is 0 Å². The van der Waals surface area contributed by atoms with Gasteiger partial charge in [-0.15, -0.1) is 0 Å². The number of allylic oxidation sites excluding steroid dienone is 2. The van der Waals surface area contributed by atoms with Crippen molar-refractivity contribution in [2.75, 3.05) is 19.7 Å². The van der Waals surface area contributed by atoms with Gasteiger partial charge >= 0.3 is 5.51 Å². The van der Waals surface area contributed by atoms with E-state index in [1.165, 1.54) is 12.8 Å². The van der Waals surface area contributed by atoms with Crippen molar-refractivity contribution in [2.24, 2.45) is 11.3 Å². The van der Waals surface area contributed by atoms with Gasteiger partial charge in [0.1, 0.15) is 0 Å². The first kappa shape index (κ1) is 24.1. The van der Waals surface area contributed by atoms with Crippen molar-refractivity contribution in [2.45, 2.75) is 76.0 Å². The first-order valence-electron chi connectivity index (χ1n) is 10.4. The summed E-state index contributed by atoms with van der Waals surface area (Å²) in [7, 11) is 0. The van der Waals surface area contributed by atoms with E-state index >= 15 is 0 Å². The van der Waals surface area contributed by atoms with Gasteiger partial charge in [0.05, 0.1) is 6.07 Å². The van der Waals surface area contributed by atoms with Crippen molar-refractivity contribution in [1.29, 1.82) is 5.26 Å². The van der Waals surface area contributed by atoms with Gasteiger partial charge in [0.25, 0.3) is 0 Å². The number of rotatable bonds is 6. The number of nitrogens with zero attached hydrogens (tertiary/aromatic N) is 2. The van der Waals surface area contributed by atoms with Crippen LogP contribution in [0.15, 0.2) is 23.4 Å². The van der Waals surface area contributed by atoms with Gasteiger partial charge in [-0.3, -0.25) is 0 Å². The molecule has 0 aromatic rings. The van der Waals surface area contributed by atoms with Gasteiger partial charge in [0.15, 0.2) is 0 Å². The topological polar surface area (TPSA) is 47.3 Å². The van der Waals surface area contributed by atoms with Gasteiger partial charge in [0.2, 0.25) is 0 Å². The van der Waals surface area contributed by atoms with Crippen molar-refractivity contribution < 1.29 is 18.3 Å². The SMILES string of the molecule is C/C(C#N)=C\C(=C/C(C)(C)SC(F)(F)F)N1CCC2(CCC(CCO)CC2)CC1. The lowest BCUT2D eigenvalue weighted by atomic mass is 9.65. The first-order valence-corrected chi connectivity index (χ1v) is 11.2. The number of likely N-dealkylation sites (tertiary alicyclic amines) is 1. The molecule has 1 saturated carbocycles. The summed E-state index contributed by atoms with van der Waals surface area (Å²) in [6.07, 6.45) is 11.0. The predicted octanol–water partition coefficient (Wildman–Crippen LogP) is 6.03. The molecule has 0 bridgehead atoms. The van der Waals surface area contributed by atoms with E-state index in [2.05, 4.69) is 11.0 Å². The molecule has 164 valence electrons. The molecule has 1 heterocycles. The number of hydrogen-bond acceptors (Lipinski definition) is 4. The zero-order chi connectivity index (χ0) is 21.7. The molecule has 2 aliphatic rings. The lowest BCUT2D eigenvalue weighted by molar-refractivity contribution is -0.0337. The van der Waals surface area contributed by atoms with E-state index in [0.29, 0.717) is 16.9 Å². The standard InChI is InChI=1S/C22H33F3N2OS/c1-17(16-26)14-19(15-20(2,3)29-22(23,24)25)27-11-9-21(10-12-27)7-4-18(5-8-21)6-13-28/h14-15,18,28H,4-13H2,1-3H3/b17-14+,19-15+. The summed E-state index contributed by atoms with van der Waals surface area (Å²) in [4.78, 5) is 2.14. The number of piperidine rings is 1. The molecule has 1 aliphatic carbocycles. The number of halogens is 3. The van der Waals surface area contributed by atoms with Crippen molar-refractivity contribution in [3.8, 4) is 6.07 Å². The molecule has 1 saturated heterocycles. The van der Waals surface area contributed by atoms with Gasteiger partial charge in [0, 0.05) is 35.7 Å². The maximum absolute atomic E-state index is 12.9. The smallest absolute Gasteiger partial charge is 0.396 e. The molecular weight excluding hydrogens is 397 g/mol. The third kappa shape index (κ3) is 7.57. The van der Waals surface area contributed by atoms with E-state index in [4.69, 9.17) is 10.4 Å². The van der Waals surface area contributed by atoms with Crippen LogP contribution in [-0.4, -0.2) is 40.0 Å². The number of hydrogen-bond donors (Lipinski definition) is 1. The molecule has 1 N–H and O–H groups in total. The fourth-order valence-corrected chi connectivity index (χ4v) is 5.44. The Kier molecular flexibility index (Phi) is 8.15. The Morgan fingerprint density at radius 1 is 1.21 bits per heavy atom. The zero-order valence-electron chi connectivity index (χ0n) is 17.7. The van der Waals surface area contributed by atoms with Gasteiger partial charge < -0.3 is 10.0 Å². The summed E-state index contributed by atoms with van der Waals surface area (Å²) in [6.45, 7) is 6.68. The van der Waals surface area contributed by atoms with E-state index in [9.17, 15) is 13.2 Å². The Hall–Kier alpha value is -1.13. The molecule has 0 amide bonds. The van der Waals surface area contributed by atoms with Crippen LogP contribution < -0.4 is 0 Å². The third-order valence-corrected chi connectivity index (χ3v) is 7.18. The summed E-state index contributed by atoms with van der Waals surface area (Å²) in [5.74, 6) is 0.625. The van der Waals surface area contributed by atoms with Crippen LogP contribution in [0.2, 0.25) is 0 Å². The summed E-state index contributed by atoms with van der Waals surface area (Å²) in [5, 5.41) is 18.3. The molecule has 1 aliphatic heterocycles. The molecule has 29 heavy (non-hydrogen) atoms. The highest BCUT2D eigenvalue weighted by Crippen LogP contribution is 2.48. The molecule has 0 atom stereocenters. The molecule has 7 heteroatoms. The summed E-state index contributed by atoms with van der Waals surface area (Å²) in [5.41, 5.74) is -2.76. The Morgan fingerprint density at radius 3 is 2.28 bits per heavy atom. The highest BCUT2D eigenvalue weighted by Gasteiger charge is 2.39. The zero-order valence-corrected chi connectivity index (χ0v) is 18.5.